The zero-order valence-electron chi connectivity index (χ0n) is 6.69. The fourth-order valence-corrected chi connectivity index (χ4v) is 3.54. The van der Waals surface area contributed by atoms with Crippen molar-refractivity contribution >= 4 is 29.4 Å². The maximum atomic E-state index is 11.5. The first-order chi connectivity index (χ1) is 5.70. The topological polar surface area (TPSA) is 46.3 Å². The van der Waals surface area contributed by atoms with Crippen molar-refractivity contribution in [3.63, 3.8) is 0 Å². The molecule has 0 aromatic rings. The third-order valence-corrected chi connectivity index (χ3v) is 4.66. The minimum absolute atomic E-state index is 0.0310. The molecule has 2 aliphatic rings. The average Bonchev–Trinajstić information content (AvgIpc) is 2.16. The highest BCUT2D eigenvalue weighted by molar-refractivity contribution is 8.04. The molecule has 1 fully saturated rings. The molecule has 12 heavy (non-hydrogen) atoms. The first-order valence-corrected chi connectivity index (χ1v) is 5.92. The third kappa shape index (κ3) is 0.870. The monoisotopic (exact) mass is 202 g/mol. The highest BCUT2D eigenvalue weighted by Gasteiger charge is 2.58. The summed E-state index contributed by atoms with van der Waals surface area (Å²) in [6.07, 6.45) is 5.71. The summed E-state index contributed by atoms with van der Waals surface area (Å²) in [5, 5.41) is 0.144. The van der Waals surface area contributed by atoms with Crippen molar-refractivity contribution in [2.24, 2.45) is 5.73 Å². The fourth-order valence-electron chi connectivity index (χ4n) is 1.40. The molecule has 0 aliphatic carbocycles. The predicted octanol–water partition coefficient (Wildman–Crippen LogP) is 0.433. The maximum absolute atomic E-state index is 11.5. The fraction of sp³-hybridized carbons (Fsp3) is 0.571. The second-order valence-corrected chi connectivity index (χ2v) is 4.98. The summed E-state index contributed by atoms with van der Waals surface area (Å²) in [6, 6.07) is 0. The van der Waals surface area contributed by atoms with Gasteiger partial charge in [-0.3, -0.25) is 4.79 Å². The van der Waals surface area contributed by atoms with Crippen LogP contribution in [0.15, 0.2) is 12.3 Å². The van der Waals surface area contributed by atoms with Crippen LogP contribution in [0.4, 0.5) is 0 Å². The summed E-state index contributed by atoms with van der Waals surface area (Å²) < 4.78 is 0. The summed E-state index contributed by atoms with van der Waals surface area (Å²) in [6.45, 7) is 0. The van der Waals surface area contributed by atoms with E-state index >= 15 is 0 Å². The zero-order chi connectivity index (χ0) is 8.77. The van der Waals surface area contributed by atoms with Crippen molar-refractivity contribution in [2.75, 3.05) is 12.0 Å². The van der Waals surface area contributed by atoms with Gasteiger partial charge in [-0.25, -0.2) is 0 Å². The lowest BCUT2D eigenvalue weighted by Crippen LogP contribution is -2.74. The van der Waals surface area contributed by atoms with Gasteiger partial charge in [0.2, 0.25) is 0 Å². The summed E-state index contributed by atoms with van der Waals surface area (Å²) >= 11 is 3.16. The molecule has 66 valence electrons. The van der Waals surface area contributed by atoms with Crippen LogP contribution in [0.5, 0.6) is 0 Å². The molecular weight excluding hydrogens is 192 g/mol. The zero-order valence-corrected chi connectivity index (χ0v) is 8.32. The first-order valence-electron chi connectivity index (χ1n) is 3.65. The summed E-state index contributed by atoms with van der Waals surface area (Å²) in [5.41, 5.74) is 5.92. The van der Waals surface area contributed by atoms with Gasteiger partial charge in [-0.2, -0.15) is 0 Å². The van der Waals surface area contributed by atoms with Gasteiger partial charge >= 0.3 is 0 Å². The highest BCUT2D eigenvalue weighted by Crippen LogP contribution is 2.44. The van der Waals surface area contributed by atoms with E-state index in [0.29, 0.717) is 0 Å². The summed E-state index contributed by atoms with van der Waals surface area (Å²) in [4.78, 5) is 12.5. The van der Waals surface area contributed by atoms with Crippen LogP contribution in [0.25, 0.3) is 0 Å². The molecule has 3 nitrogen and oxygen atoms in total. The van der Waals surface area contributed by atoms with Gasteiger partial charge in [0, 0.05) is 12.0 Å². The van der Waals surface area contributed by atoms with E-state index in [2.05, 4.69) is 0 Å². The molecule has 0 aromatic heterocycles. The Labute approximate surface area is 79.7 Å². The second kappa shape index (κ2) is 2.68. The lowest BCUT2D eigenvalue weighted by atomic mass is 10.1. The van der Waals surface area contributed by atoms with Crippen molar-refractivity contribution in [1.82, 2.24) is 4.90 Å². The molecule has 1 amide bonds. The van der Waals surface area contributed by atoms with Gasteiger partial charge in [0.25, 0.3) is 5.91 Å². The molecule has 0 saturated carbocycles. The van der Waals surface area contributed by atoms with Crippen molar-refractivity contribution < 1.29 is 4.79 Å². The Hall–Kier alpha value is -0.130. The van der Waals surface area contributed by atoms with Gasteiger partial charge in [0.1, 0.15) is 5.37 Å². The Morgan fingerprint density at radius 3 is 3.33 bits per heavy atom. The van der Waals surface area contributed by atoms with Crippen LogP contribution in [-0.4, -0.2) is 33.1 Å². The van der Waals surface area contributed by atoms with Crippen molar-refractivity contribution in [2.45, 2.75) is 10.2 Å². The van der Waals surface area contributed by atoms with Crippen LogP contribution < -0.4 is 5.73 Å². The minimum atomic E-state index is -0.671. The lowest BCUT2D eigenvalue weighted by Gasteiger charge is -2.52. The molecule has 2 rings (SSSR count). The lowest BCUT2D eigenvalue weighted by molar-refractivity contribution is -0.142. The standard InChI is InChI=1S/C7H10N2OS2/c1-11-7(8)5(10)9-3-2-4-12-6(7)9/h2-3,6H,4,8H2,1H3/t6-,7+/m1/s1. The SMILES string of the molecule is CS[C@@]1(N)C(=O)N2C=CCS[C@@H]21. The molecule has 5 heteroatoms. The molecular formula is C7H10N2OS2. The van der Waals surface area contributed by atoms with Crippen molar-refractivity contribution in [3.05, 3.63) is 12.3 Å². The van der Waals surface area contributed by atoms with Crippen LogP contribution in [0.2, 0.25) is 0 Å². The van der Waals surface area contributed by atoms with E-state index in [1.807, 2.05) is 18.5 Å². The van der Waals surface area contributed by atoms with Crippen molar-refractivity contribution in [1.29, 1.82) is 0 Å². The van der Waals surface area contributed by atoms with Gasteiger partial charge in [-0.15, -0.1) is 23.5 Å². The minimum Gasteiger partial charge on any atom is -0.306 e. The van der Waals surface area contributed by atoms with Crippen LogP contribution in [0.1, 0.15) is 0 Å². The largest absolute Gasteiger partial charge is 0.306 e. The van der Waals surface area contributed by atoms with E-state index in [1.54, 1.807) is 16.7 Å². The molecule has 0 aromatic carbocycles. The number of amides is 1. The Morgan fingerprint density at radius 1 is 1.92 bits per heavy atom. The van der Waals surface area contributed by atoms with Gasteiger partial charge in [-0.1, -0.05) is 6.08 Å². The Morgan fingerprint density at radius 2 is 2.67 bits per heavy atom. The molecule has 2 atom stereocenters. The number of fused-ring (bicyclic) bond motifs is 1. The Kier molecular flexibility index (Phi) is 1.89. The van der Waals surface area contributed by atoms with Gasteiger partial charge in [-0.05, 0) is 6.26 Å². The Bertz CT molecular complexity index is 256. The number of carbonyl (C=O) groups excluding carboxylic acids is 1. The predicted molar refractivity (Wildman–Crippen MR) is 52.7 cm³/mol. The summed E-state index contributed by atoms with van der Waals surface area (Å²) in [7, 11) is 0. The summed E-state index contributed by atoms with van der Waals surface area (Å²) in [5.74, 6) is 0.983. The van der Waals surface area contributed by atoms with Gasteiger partial charge < -0.3 is 10.6 Å². The van der Waals surface area contributed by atoms with Crippen molar-refractivity contribution in [3.8, 4) is 0 Å². The van der Waals surface area contributed by atoms with Crippen LogP contribution in [-0.2, 0) is 4.79 Å². The molecule has 2 aliphatic heterocycles. The Balaban J connectivity index is 2.24. The molecule has 0 radical (unpaired) electrons. The van der Waals surface area contributed by atoms with Crippen LogP contribution in [0, 0.1) is 0 Å². The number of thioether (sulfide) groups is 2. The molecule has 2 N–H and O–H groups in total. The molecule has 0 bridgehead atoms. The highest BCUT2D eigenvalue weighted by atomic mass is 32.2. The van der Waals surface area contributed by atoms with E-state index in [4.69, 9.17) is 5.73 Å². The number of β-lactam (4-membered cyclic amide) rings is 1. The number of nitrogens with zero attached hydrogens (tertiary/aromatic N) is 1. The molecule has 0 spiro atoms. The van der Waals surface area contributed by atoms with Crippen LogP contribution >= 0.6 is 23.5 Å². The van der Waals surface area contributed by atoms with Crippen LogP contribution in [0.3, 0.4) is 0 Å². The first kappa shape index (κ1) is 8.47. The second-order valence-electron chi connectivity index (χ2n) is 2.78. The van der Waals surface area contributed by atoms with E-state index in [-0.39, 0.29) is 11.3 Å². The van der Waals surface area contributed by atoms with Gasteiger partial charge in [0.15, 0.2) is 4.87 Å². The third-order valence-electron chi connectivity index (χ3n) is 2.14. The van der Waals surface area contributed by atoms with Gasteiger partial charge in [0.05, 0.1) is 0 Å². The molecule has 2 heterocycles. The smallest absolute Gasteiger partial charge is 0.261 e. The van der Waals surface area contributed by atoms with E-state index in [1.165, 1.54) is 11.8 Å². The number of rotatable bonds is 1. The van der Waals surface area contributed by atoms with E-state index in [9.17, 15) is 4.79 Å². The van der Waals surface area contributed by atoms with E-state index < -0.39 is 4.87 Å². The number of nitrogens with two attached hydrogens (primary N) is 1. The number of hydrogen-bond acceptors (Lipinski definition) is 4. The normalized spacial score (nSPS) is 39.3. The molecule has 0 unspecified atom stereocenters. The quantitative estimate of drug-likeness (QED) is 0.495. The maximum Gasteiger partial charge on any atom is 0.261 e. The average molecular weight is 202 g/mol. The number of carbonyl (C=O) groups is 1. The molecule has 1 saturated heterocycles. The number of hydrogen-bond donors (Lipinski definition) is 1. The van der Waals surface area contributed by atoms with E-state index in [0.717, 1.165) is 5.75 Å².